The van der Waals surface area contributed by atoms with E-state index in [1.54, 1.807) is 19.2 Å². The molecule has 4 aromatic rings. The number of nitrogens with zero attached hydrogens (tertiary/aromatic N) is 3. The number of hydrogen-bond acceptors (Lipinski definition) is 6. The first kappa shape index (κ1) is 20.2. The van der Waals surface area contributed by atoms with Crippen molar-refractivity contribution < 1.29 is 9.47 Å². The monoisotopic (exact) mass is 435 g/mol. The van der Waals surface area contributed by atoms with Crippen LogP contribution in [0.5, 0.6) is 11.5 Å². The molecule has 0 saturated carbocycles. The molecule has 4 N–H and O–H groups in total. The van der Waals surface area contributed by atoms with E-state index < -0.39 is 5.92 Å². The SMILES string of the molecule is COc1cccc(-c2nn(-c3ccccc3)cc2[C@@H]2C(C#N)=C(N)Oc3cc(N)ccc32)c1. The molecule has 0 amide bonds. The number of nitrogens with two attached hydrogens (primary N) is 2. The molecule has 7 heteroatoms. The van der Waals surface area contributed by atoms with Gasteiger partial charge in [-0.3, -0.25) is 0 Å². The predicted octanol–water partition coefficient (Wildman–Crippen LogP) is 4.35. The smallest absolute Gasteiger partial charge is 0.205 e. The zero-order valence-electron chi connectivity index (χ0n) is 17.9. The minimum Gasteiger partial charge on any atom is -0.497 e. The van der Waals surface area contributed by atoms with Crippen LogP contribution in [0.1, 0.15) is 17.0 Å². The van der Waals surface area contributed by atoms with Crippen molar-refractivity contribution >= 4 is 5.69 Å². The molecule has 0 bridgehead atoms. The highest BCUT2D eigenvalue weighted by Gasteiger charge is 2.34. The van der Waals surface area contributed by atoms with Crippen LogP contribution in [0.2, 0.25) is 0 Å². The highest BCUT2D eigenvalue weighted by Crippen LogP contribution is 2.45. The molecule has 0 fully saturated rings. The normalized spacial score (nSPS) is 14.8. The van der Waals surface area contributed by atoms with Crippen molar-refractivity contribution in [1.82, 2.24) is 9.78 Å². The summed E-state index contributed by atoms with van der Waals surface area (Å²) in [6, 6.07) is 25.1. The number of para-hydroxylation sites is 1. The van der Waals surface area contributed by atoms with Crippen molar-refractivity contribution in [1.29, 1.82) is 5.26 Å². The van der Waals surface area contributed by atoms with Gasteiger partial charge in [-0.25, -0.2) is 4.68 Å². The van der Waals surface area contributed by atoms with Crippen LogP contribution in [-0.2, 0) is 0 Å². The number of allylic oxidation sites excluding steroid dienone is 1. The van der Waals surface area contributed by atoms with Gasteiger partial charge in [0.25, 0.3) is 0 Å². The van der Waals surface area contributed by atoms with Crippen LogP contribution in [0.15, 0.2) is 90.4 Å². The molecule has 1 aromatic heterocycles. The fourth-order valence-electron chi connectivity index (χ4n) is 4.10. The second-order valence-corrected chi connectivity index (χ2v) is 7.67. The summed E-state index contributed by atoms with van der Waals surface area (Å²) >= 11 is 0. The second kappa shape index (κ2) is 8.09. The van der Waals surface area contributed by atoms with Crippen LogP contribution in [0.4, 0.5) is 5.69 Å². The fourth-order valence-corrected chi connectivity index (χ4v) is 4.10. The number of fused-ring (bicyclic) bond motifs is 1. The standard InChI is InChI=1S/C26H21N5O2/c1-32-19-9-5-6-16(12-19)25-22(15-31(30-25)18-7-3-2-4-8-18)24-20-11-10-17(28)13-23(20)33-26(29)21(24)14-27/h2-13,15,24H,28-29H2,1H3/t24-/m0/s1. The van der Waals surface area contributed by atoms with Gasteiger partial charge in [-0.2, -0.15) is 10.4 Å². The number of methoxy groups -OCH3 is 1. The number of nitrogen functional groups attached to an aromatic ring is 1. The average molecular weight is 435 g/mol. The molecule has 0 radical (unpaired) electrons. The quantitative estimate of drug-likeness (QED) is 0.461. The predicted molar refractivity (Wildman–Crippen MR) is 126 cm³/mol. The van der Waals surface area contributed by atoms with Crippen LogP contribution in [0.3, 0.4) is 0 Å². The minimum atomic E-state index is -0.474. The summed E-state index contributed by atoms with van der Waals surface area (Å²) < 4.78 is 13.0. The number of benzene rings is 3. The summed E-state index contributed by atoms with van der Waals surface area (Å²) in [4.78, 5) is 0. The lowest BCUT2D eigenvalue weighted by Gasteiger charge is -2.26. The van der Waals surface area contributed by atoms with Crippen molar-refractivity contribution in [2.75, 3.05) is 12.8 Å². The van der Waals surface area contributed by atoms with E-state index in [2.05, 4.69) is 6.07 Å². The molecule has 0 aliphatic carbocycles. The number of aromatic nitrogens is 2. The number of ether oxygens (including phenoxy) is 2. The first-order valence-corrected chi connectivity index (χ1v) is 10.4. The Labute approximate surface area is 191 Å². The molecule has 5 rings (SSSR count). The van der Waals surface area contributed by atoms with Crippen LogP contribution in [-0.4, -0.2) is 16.9 Å². The summed E-state index contributed by atoms with van der Waals surface area (Å²) in [5.74, 6) is 0.826. The Morgan fingerprint density at radius 2 is 1.82 bits per heavy atom. The van der Waals surface area contributed by atoms with Gasteiger partial charge in [0.2, 0.25) is 5.88 Å². The van der Waals surface area contributed by atoms with Gasteiger partial charge in [-0.1, -0.05) is 36.4 Å². The molecule has 1 atom stereocenters. The summed E-state index contributed by atoms with van der Waals surface area (Å²) in [6.07, 6.45) is 1.94. The molecule has 33 heavy (non-hydrogen) atoms. The maximum atomic E-state index is 10.0. The second-order valence-electron chi connectivity index (χ2n) is 7.67. The number of anilines is 1. The lowest BCUT2D eigenvalue weighted by atomic mass is 9.82. The van der Waals surface area contributed by atoms with Crippen LogP contribution in [0, 0.1) is 11.3 Å². The van der Waals surface area contributed by atoms with E-state index in [9.17, 15) is 5.26 Å². The third kappa shape index (κ3) is 3.54. The first-order valence-electron chi connectivity index (χ1n) is 10.4. The molecule has 2 heterocycles. The van der Waals surface area contributed by atoms with E-state index in [0.717, 1.165) is 22.4 Å². The van der Waals surface area contributed by atoms with Crippen molar-refractivity contribution in [2.24, 2.45) is 5.73 Å². The Morgan fingerprint density at radius 1 is 1.00 bits per heavy atom. The number of nitriles is 1. The molecule has 1 aliphatic rings. The van der Waals surface area contributed by atoms with Crippen LogP contribution in [0.25, 0.3) is 16.9 Å². The molecule has 7 nitrogen and oxygen atoms in total. The van der Waals surface area contributed by atoms with Gasteiger partial charge in [-0.15, -0.1) is 0 Å². The maximum absolute atomic E-state index is 10.0. The van der Waals surface area contributed by atoms with E-state index in [-0.39, 0.29) is 5.88 Å². The highest BCUT2D eigenvalue weighted by atomic mass is 16.5. The molecule has 3 aromatic carbocycles. The largest absolute Gasteiger partial charge is 0.497 e. The van der Waals surface area contributed by atoms with E-state index >= 15 is 0 Å². The lowest BCUT2D eigenvalue weighted by molar-refractivity contribution is 0.394. The van der Waals surface area contributed by atoms with E-state index in [1.165, 1.54) is 0 Å². The van der Waals surface area contributed by atoms with Crippen LogP contribution >= 0.6 is 0 Å². The Hall–Kier alpha value is -4.70. The fraction of sp³-hybridized carbons (Fsp3) is 0.0769. The lowest BCUT2D eigenvalue weighted by Crippen LogP contribution is -2.21. The average Bonchev–Trinajstić information content (AvgIpc) is 3.29. The molecule has 0 spiro atoms. The van der Waals surface area contributed by atoms with E-state index in [0.29, 0.717) is 28.5 Å². The maximum Gasteiger partial charge on any atom is 0.205 e. The number of hydrogen-bond donors (Lipinski definition) is 2. The van der Waals surface area contributed by atoms with Crippen molar-refractivity contribution in [3.8, 4) is 34.5 Å². The summed E-state index contributed by atoms with van der Waals surface area (Å²) in [5, 5.41) is 14.9. The highest BCUT2D eigenvalue weighted by molar-refractivity contribution is 5.70. The minimum absolute atomic E-state index is 0.0599. The molecule has 0 saturated heterocycles. The number of rotatable bonds is 4. The Balaban J connectivity index is 1.78. The van der Waals surface area contributed by atoms with Gasteiger partial charge >= 0.3 is 0 Å². The van der Waals surface area contributed by atoms with Crippen molar-refractivity contribution in [2.45, 2.75) is 5.92 Å². The van der Waals surface area contributed by atoms with Gasteiger partial charge in [-0.05, 0) is 30.3 Å². The topological polar surface area (TPSA) is 112 Å². The summed E-state index contributed by atoms with van der Waals surface area (Å²) in [7, 11) is 1.62. The summed E-state index contributed by atoms with van der Waals surface area (Å²) in [5.41, 5.74) is 17.1. The van der Waals surface area contributed by atoms with Crippen molar-refractivity contribution in [3.05, 3.63) is 102 Å². The van der Waals surface area contributed by atoms with Gasteiger partial charge in [0, 0.05) is 34.6 Å². The molecule has 1 aliphatic heterocycles. The third-order valence-electron chi connectivity index (χ3n) is 5.66. The molecule has 162 valence electrons. The zero-order chi connectivity index (χ0) is 22.9. The zero-order valence-corrected chi connectivity index (χ0v) is 17.9. The van der Waals surface area contributed by atoms with E-state index in [1.807, 2.05) is 71.5 Å². The summed E-state index contributed by atoms with van der Waals surface area (Å²) in [6.45, 7) is 0. The van der Waals surface area contributed by atoms with Gasteiger partial charge in [0.05, 0.1) is 24.4 Å². The Bertz CT molecular complexity index is 1420. The van der Waals surface area contributed by atoms with Crippen LogP contribution < -0.4 is 20.9 Å². The third-order valence-corrected chi connectivity index (χ3v) is 5.66. The Morgan fingerprint density at radius 3 is 2.58 bits per heavy atom. The first-order chi connectivity index (χ1) is 16.1. The van der Waals surface area contributed by atoms with E-state index in [4.69, 9.17) is 26.0 Å². The van der Waals surface area contributed by atoms with Gasteiger partial charge in [0.1, 0.15) is 23.1 Å². The molecular formula is C26H21N5O2. The van der Waals surface area contributed by atoms with Gasteiger partial charge < -0.3 is 20.9 Å². The van der Waals surface area contributed by atoms with Crippen molar-refractivity contribution in [3.63, 3.8) is 0 Å². The molecule has 0 unspecified atom stereocenters. The molecular weight excluding hydrogens is 414 g/mol. The Kier molecular flexibility index (Phi) is 4.96. The van der Waals surface area contributed by atoms with Gasteiger partial charge in [0.15, 0.2) is 0 Å².